The predicted molar refractivity (Wildman–Crippen MR) is 73.9 cm³/mol. The fourth-order valence-electron chi connectivity index (χ4n) is 1.69. The summed E-state index contributed by atoms with van der Waals surface area (Å²) in [6.45, 7) is 2.04. The van der Waals surface area contributed by atoms with E-state index in [0.717, 1.165) is 25.0 Å². The first kappa shape index (κ1) is 12.8. The largest absolute Gasteiger partial charge is 0.309 e. The molecule has 0 aromatic carbocycles. The minimum Gasteiger partial charge on any atom is -0.309 e. The Hall–Kier alpha value is -1.62. The van der Waals surface area contributed by atoms with Crippen LogP contribution in [0.4, 0.5) is 5.82 Å². The highest BCUT2D eigenvalue weighted by molar-refractivity contribution is 7.09. The molecule has 96 valence electrons. The Bertz CT molecular complexity index is 490. The highest BCUT2D eigenvalue weighted by atomic mass is 32.1. The smallest absolute Gasteiger partial charge is 0.225 e. The molecule has 2 aromatic heterocycles. The number of anilines is 1. The highest BCUT2D eigenvalue weighted by Gasteiger charge is 2.05. The van der Waals surface area contributed by atoms with E-state index in [1.54, 1.807) is 11.3 Å². The van der Waals surface area contributed by atoms with E-state index in [-0.39, 0.29) is 5.91 Å². The van der Waals surface area contributed by atoms with Gasteiger partial charge in [-0.15, -0.1) is 11.3 Å². The zero-order valence-electron chi connectivity index (χ0n) is 10.4. The van der Waals surface area contributed by atoms with Gasteiger partial charge in [-0.05, 0) is 30.7 Å². The topological polar surface area (TPSA) is 57.8 Å². The van der Waals surface area contributed by atoms with Crippen molar-refractivity contribution < 1.29 is 4.79 Å². The first-order chi connectivity index (χ1) is 8.78. The average molecular weight is 263 g/mol. The summed E-state index contributed by atoms with van der Waals surface area (Å²) in [7, 11) is 0. The van der Waals surface area contributed by atoms with Crippen molar-refractivity contribution in [3.63, 3.8) is 0 Å². The third kappa shape index (κ3) is 3.70. The predicted octanol–water partition coefficient (Wildman–Crippen LogP) is 3.00. The molecule has 2 N–H and O–H groups in total. The molecule has 0 atom stereocenters. The summed E-state index contributed by atoms with van der Waals surface area (Å²) in [5, 5.41) is 11.8. The van der Waals surface area contributed by atoms with Gasteiger partial charge in [0.1, 0.15) is 0 Å². The molecule has 0 aliphatic heterocycles. The van der Waals surface area contributed by atoms with E-state index in [9.17, 15) is 4.79 Å². The van der Waals surface area contributed by atoms with Gasteiger partial charge in [0.05, 0.1) is 0 Å². The van der Waals surface area contributed by atoms with E-state index in [0.29, 0.717) is 12.2 Å². The Morgan fingerprint density at radius 3 is 3.11 bits per heavy atom. The van der Waals surface area contributed by atoms with Gasteiger partial charge in [0, 0.05) is 23.1 Å². The van der Waals surface area contributed by atoms with Crippen molar-refractivity contribution in [1.29, 1.82) is 0 Å². The number of thiophene rings is 1. The van der Waals surface area contributed by atoms with Crippen LogP contribution < -0.4 is 5.32 Å². The molecule has 5 heteroatoms. The molecule has 2 heterocycles. The van der Waals surface area contributed by atoms with Crippen molar-refractivity contribution in [3.05, 3.63) is 34.2 Å². The number of nitrogens with one attached hydrogen (secondary N) is 2. The number of carbonyl (C=O) groups is 1. The van der Waals surface area contributed by atoms with Crippen molar-refractivity contribution in [1.82, 2.24) is 10.2 Å². The number of nitrogens with zero attached hydrogens (tertiary/aromatic N) is 1. The molecule has 0 unspecified atom stereocenters. The lowest BCUT2D eigenvalue weighted by atomic mass is 10.2. The molecule has 0 radical (unpaired) electrons. The van der Waals surface area contributed by atoms with Crippen molar-refractivity contribution in [2.24, 2.45) is 0 Å². The van der Waals surface area contributed by atoms with Gasteiger partial charge in [0.25, 0.3) is 0 Å². The molecule has 0 bridgehead atoms. The molecule has 0 saturated carbocycles. The normalized spacial score (nSPS) is 10.5. The lowest BCUT2D eigenvalue weighted by molar-refractivity contribution is -0.116. The highest BCUT2D eigenvalue weighted by Crippen LogP contribution is 2.12. The number of rotatable bonds is 6. The molecule has 2 aromatic rings. The summed E-state index contributed by atoms with van der Waals surface area (Å²) in [5.41, 5.74) is 1.03. The maximum absolute atomic E-state index is 11.7. The molecule has 18 heavy (non-hydrogen) atoms. The number of aromatic amines is 1. The third-order valence-corrected chi connectivity index (χ3v) is 3.62. The molecule has 0 aliphatic carbocycles. The fourth-order valence-corrected chi connectivity index (χ4v) is 2.44. The Labute approximate surface area is 110 Å². The van der Waals surface area contributed by atoms with Gasteiger partial charge in [-0.1, -0.05) is 13.0 Å². The molecular weight excluding hydrogens is 246 g/mol. The number of aryl methyl sites for hydroxylation is 2. The Kier molecular flexibility index (Phi) is 4.52. The van der Waals surface area contributed by atoms with E-state index in [1.165, 1.54) is 4.88 Å². The summed E-state index contributed by atoms with van der Waals surface area (Å²) >= 11 is 1.74. The van der Waals surface area contributed by atoms with Crippen molar-refractivity contribution in [2.45, 2.75) is 32.6 Å². The number of H-pyrrole nitrogens is 1. The number of carbonyl (C=O) groups excluding carboxylic acids is 1. The van der Waals surface area contributed by atoms with Crippen LogP contribution in [0.15, 0.2) is 23.6 Å². The molecule has 0 aliphatic rings. The monoisotopic (exact) mass is 263 g/mol. The summed E-state index contributed by atoms with van der Waals surface area (Å²) in [5.74, 6) is 0.647. The van der Waals surface area contributed by atoms with E-state index < -0.39 is 0 Å². The Morgan fingerprint density at radius 1 is 1.56 bits per heavy atom. The molecule has 4 nitrogen and oxygen atoms in total. The van der Waals surface area contributed by atoms with Crippen LogP contribution >= 0.6 is 11.3 Å². The number of aromatic nitrogens is 2. The van der Waals surface area contributed by atoms with Crippen LogP contribution in [0.25, 0.3) is 0 Å². The second kappa shape index (κ2) is 6.35. The lowest BCUT2D eigenvalue weighted by Crippen LogP contribution is -2.11. The van der Waals surface area contributed by atoms with Gasteiger partial charge in [-0.25, -0.2) is 0 Å². The van der Waals surface area contributed by atoms with Crippen LogP contribution in [0, 0.1) is 0 Å². The fraction of sp³-hybridized carbons (Fsp3) is 0.385. The van der Waals surface area contributed by atoms with Gasteiger partial charge in [-0.3, -0.25) is 9.89 Å². The number of hydrogen-bond acceptors (Lipinski definition) is 3. The second-order valence-electron chi connectivity index (χ2n) is 4.11. The first-order valence-electron chi connectivity index (χ1n) is 6.14. The van der Waals surface area contributed by atoms with E-state index >= 15 is 0 Å². The van der Waals surface area contributed by atoms with E-state index in [2.05, 4.69) is 27.0 Å². The minimum absolute atomic E-state index is 0.0284. The third-order valence-electron chi connectivity index (χ3n) is 2.69. The second-order valence-corrected chi connectivity index (χ2v) is 5.15. The van der Waals surface area contributed by atoms with Gasteiger partial charge in [0.2, 0.25) is 5.91 Å². The van der Waals surface area contributed by atoms with E-state index in [4.69, 9.17) is 0 Å². The van der Waals surface area contributed by atoms with Crippen molar-refractivity contribution in [3.8, 4) is 0 Å². The van der Waals surface area contributed by atoms with Crippen LogP contribution in [0.5, 0.6) is 0 Å². The van der Waals surface area contributed by atoms with Crippen LogP contribution in [-0.2, 0) is 17.6 Å². The lowest BCUT2D eigenvalue weighted by Gasteiger charge is -2.00. The number of amides is 1. The quantitative estimate of drug-likeness (QED) is 0.841. The molecule has 0 spiro atoms. The summed E-state index contributed by atoms with van der Waals surface area (Å²) in [4.78, 5) is 13.0. The van der Waals surface area contributed by atoms with Crippen LogP contribution in [-0.4, -0.2) is 16.1 Å². The van der Waals surface area contributed by atoms with Crippen molar-refractivity contribution in [2.75, 3.05) is 5.32 Å². The van der Waals surface area contributed by atoms with Gasteiger partial charge in [0.15, 0.2) is 5.82 Å². The maximum atomic E-state index is 11.7. The first-order valence-corrected chi connectivity index (χ1v) is 7.02. The Balaban J connectivity index is 1.71. The van der Waals surface area contributed by atoms with Gasteiger partial charge < -0.3 is 5.32 Å². The SMILES string of the molecule is CCc1cc(NC(=O)CCCc2cccs2)n[nH]1. The number of hydrogen-bond donors (Lipinski definition) is 2. The minimum atomic E-state index is 0.0284. The molecular formula is C13H17N3OS. The van der Waals surface area contributed by atoms with Crippen molar-refractivity contribution >= 4 is 23.1 Å². The summed E-state index contributed by atoms with van der Waals surface area (Å²) < 4.78 is 0. The molecule has 0 fully saturated rings. The van der Waals surface area contributed by atoms with E-state index in [1.807, 2.05) is 19.1 Å². The summed E-state index contributed by atoms with van der Waals surface area (Å²) in [6.07, 6.45) is 3.26. The van der Waals surface area contributed by atoms with Gasteiger partial charge in [-0.2, -0.15) is 5.10 Å². The molecule has 1 amide bonds. The van der Waals surface area contributed by atoms with Gasteiger partial charge >= 0.3 is 0 Å². The zero-order chi connectivity index (χ0) is 12.8. The average Bonchev–Trinajstić information content (AvgIpc) is 3.00. The van der Waals surface area contributed by atoms with Crippen LogP contribution in [0.2, 0.25) is 0 Å². The standard InChI is InChI=1S/C13H17N3OS/c1-2-10-9-12(16-15-10)14-13(17)7-3-5-11-6-4-8-18-11/h4,6,8-9H,2-3,5,7H2,1H3,(H2,14,15,16,17). The summed E-state index contributed by atoms with van der Waals surface area (Å²) in [6, 6.07) is 6.01. The molecule has 2 rings (SSSR count). The zero-order valence-corrected chi connectivity index (χ0v) is 11.2. The van der Waals surface area contributed by atoms with Crippen LogP contribution in [0.1, 0.15) is 30.3 Å². The molecule has 0 saturated heterocycles. The Morgan fingerprint density at radius 2 is 2.44 bits per heavy atom. The maximum Gasteiger partial charge on any atom is 0.225 e. The van der Waals surface area contributed by atoms with Crippen LogP contribution in [0.3, 0.4) is 0 Å².